The average molecular weight is 519 g/mol. The molecule has 9 heteroatoms. The molecule has 0 saturated carbocycles. The zero-order chi connectivity index (χ0) is 27.8. The first kappa shape index (κ1) is 31.7. The van der Waals surface area contributed by atoms with Gasteiger partial charge in [-0.15, -0.1) is 0 Å². The molecule has 1 atom stereocenters. The molecular formula is C28H42N2O7. The molecule has 0 spiro atoms. The molecule has 2 amide bonds. The third-order valence-electron chi connectivity index (χ3n) is 5.28. The van der Waals surface area contributed by atoms with Gasteiger partial charge in [-0.3, -0.25) is 9.59 Å². The number of hydrogen-bond donors (Lipinski definition) is 2. The molecule has 0 saturated heterocycles. The molecule has 0 aliphatic rings. The molecule has 0 unspecified atom stereocenters. The maximum absolute atomic E-state index is 12.9. The quantitative estimate of drug-likeness (QED) is 0.150. The maximum atomic E-state index is 12.9. The fourth-order valence-electron chi connectivity index (χ4n) is 3.33. The van der Waals surface area contributed by atoms with Crippen LogP contribution in [0.1, 0.15) is 78.2 Å². The molecular weight excluding hydrogens is 476 g/mol. The fraction of sp³-hybridized carbons (Fsp3) is 0.571. The van der Waals surface area contributed by atoms with Crippen molar-refractivity contribution in [1.82, 2.24) is 10.6 Å². The molecule has 1 aromatic carbocycles. The standard InChI is InChI=1S/C28H42N2O7/c1-7-8-9-10-11-12-17-29-25(32)23(30-27(34)37-28(3,4)5)19-21-13-15-22(16-14-21)36-26(33)20(2)18-24(31)35-6/h13-16,23H,2,7-12,17-19H2,1,3-6H3,(H,29,32)(H,30,34)/t23-/m0/s1. The highest BCUT2D eigenvalue weighted by Crippen LogP contribution is 2.16. The Morgan fingerprint density at radius 3 is 2.19 bits per heavy atom. The summed E-state index contributed by atoms with van der Waals surface area (Å²) < 4.78 is 15.1. The predicted octanol–water partition coefficient (Wildman–Crippen LogP) is 4.62. The van der Waals surface area contributed by atoms with Gasteiger partial charge < -0.3 is 24.8 Å². The Morgan fingerprint density at radius 2 is 1.59 bits per heavy atom. The highest BCUT2D eigenvalue weighted by molar-refractivity contribution is 5.94. The van der Waals surface area contributed by atoms with E-state index in [2.05, 4.69) is 28.9 Å². The summed E-state index contributed by atoms with van der Waals surface area (Å²) in [6.45, 7) is 11.5. The van der Waals surface area contributed by atoms with Crippen molar-refractivity contribution in [3.63, 3.8) is 0 Å². The molecule has 0 radical (unpaired) electrons. The van der Waals surface area contributed by atoms with Crippen LogP contribution in [0.4, 0.5) is 4.79 Å². The fourth-order valence-corrected chi connectivity index (χ4v) is 3.33. The van der Waals surface area contributed by atoms with Gasteiger partial charge in [-0.25, -0.2) is 9.59 Å². The predicted molar refractivity (Wildman–Crippen MR) is 141 cm³/mol. The van der Waals surface area contributed by atoms with Crippen LogP contribution in [0.15, 0.2) is 36.4 Å². The van der Waals surface area contributed by atoms with Crippen molar-refractivity contribution in [2.45, 2.75) is 90.7 Å². The minimum Gasteiger partial charge on any atom is -0.469 e. The number of alkyl carbamates (subject to hydrolysis) is 1. The summed E-state index contributed by atoms with van der Waals surface area (Å²) in [6, 6.07) is 5.67. The molecule has 0 bridgehead atoms. The Bertz CT molecular complexity index is 904. The van der Waals surface area contributed by atoms with Crippen LogP contribution in [-0.4, -0.2) is 49.2 Å². The first-order valence-electron chi connectivity index (χ1n) is 12.8. The third kappa shape index (κ3) is 14.1. The van der Waals surface area contributed by atoms with Crippen LogP contribution in [0.2, 0.25) is 0 Å². The Morgan fingerprint density at radius 1 is 0.973 bits per heavy atom. The van der Waals surface area contributed by atoms with E-state index in [4.69, 9.17) is 9.47 Å². The molecule has 9 nitrogen and oxygen atoms in total. The zero-order valence-corrected chi connectivity index (χ0v) is 22.8. The number of rotatable bonds is 15. The third-order valence-corrected chi connectivity index (χ3v) is 5.28. The van der Waals surface area contributed by atoms with E-state index in [1.165, 1.54) is 26.4 Å². The van der Waals surface area contributed by atoms with Gasteiger partial charge in [0, 0.05) is 18.5 Å². The number of methoxy groups -OCH3 is 1. The van der Waals surface area contributed by atoms with Gasteiger partial charge in [-0.05, 0) is 44.9 Å². The van der Waals surface area contributed by atoms with Crippen LogP contribution >= 0.6 is 0 Å². The van der Waals surface area contributed by atoms with Crippen LogP contribution in [0, 0.1) is 0 Å². The number of nitrogens with one attached hydrogen (secondary N) is 2. The van der Waals surface area contributed by atoms with Crippen LogP contribution in [0.3, 0.4) is 0 Å². The Kier molecular flexibility index (Phi) is 14.0. The van der Waals surface area contributed by atoms with Gasteiger partial charge in [-0.1, -0.05) is 57.7 Å². The molecule has 2 N–H and O–H groups in total. The van der Waals surface area contributed by atoms with Crippen molar-refractivity contribution < 1.29 is 33.4 Å². The minimum atomic E-state index is -0.844. The number of amides is 2. The first-order chi connectivity index (χ1) is 17.4. The van der Waals surface area contributed by atoms with Crippen molar-refractivity contribution in [2.24, 2.45) is 0 Å². The number of hydrogen-bond acceptors (Lipinski definition) is 7. The summed E-state index contributed by atoms with van der Waals surface area (Å²) in [4.78, 5) is 48.7. The Balaban J connectivity index is 2.76. The summed E-state index contributed by atoms with van der Waals surface area (Å²) in [5.74, 6) is -1.37. The van der Waals surface area contributed by atoms with Crippen LogP contribution in [0.5, 0.6) is 5.75 Å². The Hall–Kier alpha value is -3.36. The number of benzene rings is 1. The van der Waals surface area contributed by atoms with Gasteiger partial charge in [0.2, 0.25) is 5.91 Å². The van der Waals surface area contributed by atoms with Gasteiger partial charge in [0.1, 0.15) is 17.4 Å². The summed E-state index contributed by atoms with van der Waals surface area (Å²) in [6.07, 6.45) is 5.91. The van der Waals surface area contributed by atoms with Crippen molar-refractivity contribution in [1.29, 1.82) is 0 Å². The summed E-state index contributed by atoms with van der Waals surface area (Å²) in [7, 11) is 1.22. The van der Waals surface area contributed by atoms with Crippen molar-refractivity contribution >= 4 is 23.9 Å². The minimum absolute atomic E-state index is 0.0282. The van der Waals surface area contributed by atoms with E-state index in [9.17, 15) is 19.2 Å². The van der Waals surface area contributed by atoms with Crippen molar-refractivity contribution in [3.05, 3.63) is 42.0 Å². The number of ether oxygens (including phenoxy) is 3. The molecule has 37 heavy (non-hydrogen) atoms. The van der Waals surface area contributed by atoms with Gasteiger partial charge in [-0.2, -0.15) is 0 Å². The highest BCUT2D eigenvalue weighted by atomic mass is 16.6. The van der Waals surface area contributed by atoms with E-state index in [0.717, 1.165) is 24.8 Å². The number of unbranched alkanes of at least 4 members (excludes halogenated alkanes) is 5. The molecule has 0 aliphatic heterocycles. The van der Waals surface area contributed by atoms with Gasteiger partial charge in [0.15, 0.2) is 0 Å². The normalized spacial score (nSPS) is 11.7. The summed E-state index contributed by atoms with van der Waals surface area (Å²) in [5, 5.41) is 5.57. The van der Waals surface area contributed by atoms with Crippen LogP contribution in [-0.2, 0) is 30.3 Å². The highest BCUT2D eigenvalue weighted by Gasteiger charge is 2.24. The first-order valence-corrected chi connectivity index (χ1v) is 12.8. The lowest BCUT2D eigenvalue weighted by molar-refractivity contribution is -0.141. The monoisotopic (exact) mass is 518 g/mol. The second kappa shape index (κ2) is 16.4. The van der Waals surface area contributed by atoms with E-state index in [1.807, 2.05) is 0 Å². The maximum Gasteiger partial charge on any atom is 0.408 e. The number of carbonyl (C=O) groups excluding carboxylic acids is 4. The molecule has 1 aromatic rings. The van der Waals surface area contributed by atoms with Crippen molar-refractivity contribution in [3.8, 4) is 5.75 Å². The summed E-state index contributed by atoms with van der Waals surface area (Å²) in [5.41, 5.74) is 0.0102. The van der Waals surface area contributed by atoms with E-state index >= 15 is 0 Å². The zero-order valence-electron chi connectivity index (χ0n) is 22.8. The van der Waals surface area contributed by atoms with Gasteiger partial charge >= 0.3 is 18.0 Å². The van der Waals surface area contributed by atoms with Crippen molar-refractivity contribution in [2.75, 3.05) is 13.7 Å². The topological polar surface area (TPSA) is 120 Å². The average Bonchev–Trinajstić information content (AvgIpc) is 2.82. The number of esters is 2. The molecule has 206 valence electrons. The molecule has 1 rings (SSSR count). The number of carbonyl (C=O) groups is 4. The van der Waals surface area contributed by atoms with Gasteiger partial charge in [0.25, 0.3) is 0 Å². The lowest BCUT2D eigenvalue weighted by Crippen LogP contribution is -2.49. The largest absolute Gasteiger partial charge is 0.469 e. The van der Waals surface area contributed by atoms with Gasteiger partial charge in [0.05, 0.1) is 13.5 Å². The molecule has 0 aromatic heterocycles. The van der Waals surface area contributed by atoms with E-state index in [1.54, 1.807) is 45.0 Å². The van der Waals surface area contributed by atoms with E-state index in [-0.39, 0.29) is 30.1 Å². The molecule has 0 aliphatic carbocycles. The lowest BCUT2D eigenvalue weighted by Gasteiger charge is -2.23. The smallest absolute Gasteiger partial charge is 0.408 e. The van der Waals surface area contributed by atoms with Crippen LogP contribution < -0.4 is 15.4 Å². The lowest BCUT2D eigenvalue weighted by atomic mass is 10.0. The van der Waals surface area contributed by atoms with Crippen LogP contribution in [0.25, 0.3) is 0 Å². The SMILES string of the molecule is C=C(CC(=O)OC)C(=O)Oc1ccc(C[C@H](NC(=O)OC(C)(C)C)C(=O)NCCCCCCCC)cc1. The summed E-state index contributed by atoms with van der Waals surface area (Å²) >= 11 is 0. The second-order valence-electron chi connectivity index (χ2n) is 9.85. The molecule has 0 fully saturated rings. The molecule has 0 heterocycles. The second-order valence-corrected chi connectivity index (χ2v) is 9.85. The van der Waals surface area contributed by atoms with E-state index < -0.39 is 29.7 Å². The Labute approximate surface area is 220 Å². The van der Waals surface area contributed by atoms with E-state index in [0.29, 0.717) is 6.54 Å².